The molecule has 0 aliphatic heterocycles. The predicted octanol–water partition coefficient (Wildman–Crippen LogP) is 1.21. The Kier molecular flexibility index (Phi) is 5.30. The molecule has 0 atom stereocenters. The van der Waals surface area contributed by atoms with Crippen LogP contribution in [0.25, 0.3) is 0 Å². The first kappa shape index (κ1) is 14.2. The van der Waals surface area contributed by atoms with Gasteiger partial charge in [-0.3, -0.25) is 9.59 Å². The molecule has 0 aliphatic rings. The van der Waals surface area contributed by atoms with Crippen LogP contribution in [0.15, 0.2) is 24.3 Å². The van der Waals surface area contributed by atoms with Crippen molar-refractivity contribution >= 4 is 11.8 Å². The third-order valence-electron chi connectivity index (χ3n) is 2.35. The third-order valence-corrected chi connectivity index (χ3v) is 2.35. The zero-order chi connectivity index (χ0) is 13.5. The lowest BCUT2D eigenvalue weighted by Crippen LogP contribution is -2.38. The number of halogens is 1. The van der Waals surface area contributed by atoms with Crippen LogP contribution in [0.2, 0.25) is 0 Å². The van der Waals surface area contributed by atoms with Gasteiger partial charge in [0.2, 0.25) is 11.8 Å². The number of hydrogen-bond acceptors (Lipinski definition) is 2. The molecule has 0 unspecified atom stereocenters. The van der Waals surface area contributed by atoms with Gasteiger partial charge in [0.25, 0.3) is 0 Å². The Bertz CT molecular complexity index is 416. The van der Waals surface area contributed by atoms with Crippen molar-refractivity contribution < 1.29 is 14.0 Å². The van der Waals surface area contributed by atoms with E-state index in [1.54, 1.807) is 26.0 Å². The maximum absolute atomic E-state index is 12.6. The minimum atomic E-state index is -0.311. The molecule has 0 bridgehead atoms. The van der Waals surface area contributed by atoms with Crippen molar-refractivity contribution in [3.8, 4) is 0 Å². The molecule has 0 heterocycles. The summed E-state index contributed by atoms with van der Waals surface area (Å²) in [6.45, 7) is 3.78. The van der Waals surface area contributed by atoms with Gasteiger partial charge in [-0.25, -0.2) is 4.39 Å². The Morgan fingerprint density at radius 2 is 1.78 bits per heavy atom. The second-order valence-electron chi connectivity index (χ2n) is 4.28. The van der Waals surface area contributed by atoms with Crippen LogP contribution >= 0.6 is 0 Å². The van der Waals surface area contributed by atoms with Gasteiger partial charge >= 0.3 is 0 Å². The molecular weight excluding hydrogens is 235 g/mol. The number of carbonyl (C=O) groups excluding carboxylic acids is 2. The van der Waals surface area contributed by atoms with E-state index in [4.69, 9.17) is 0 Å². The van der Waals surface area contributed by atoms with Crippen molar-refractivity contribution in [1.29, 1.82) is 0 Å². The van der Waals surface area contributed by atoms with Gasteiger partial charge in [0.15, 0.2) is 0 Å². The summed E-state index contributed by atoms with van der Waals surface area (Å²) < 4.78 is 12.6. The Balaban J connectivity index is 2.29. The Morgan fingerprint density at radius 1 is 1.17 bits per heavy atom. The van der Waals surface area contributed by atoms with E-state index in [1.807, 2.05) is 0 Å². The highest BCUT2D eigenvalue weighted by molar-refractivity contribution is 5.85. The highest BCUT2D eigenvalue weighted by Gasteiger charge is 2.08. The van der Waals surface area contributed by atoms with E-state index in [2.05, 4.69) is 10.6 Å². The van der Waals surface area contributed by atoms with E-state index < -0.39 is 0 Å². The van der Waals surface area contributed by atoms with E-state index in [1.165, 1.54) is 12.1 Å². The molecule has 0 spiro atoms. The van der Waals surface area contributed by atoms with Crippen molar-refractivity contribution in [2.45, 2.75) is 20.4 Å². The average molecular weight is 252 g/mol. The number of rotatable bonds is 5. The molecule has 0 aromatic heterocycles. The summed E-state index contributed by atoms with van der Waals surface area (Å²) >= 11 is 0. The standard InChI is InChI=1S/C13H17FN2O2/c1-9(2)13(18)16-8-12(17)15-7-10-3-5-11(14)6-4-10/h3-6,9H,7-8H2,1-2H3,(H,15,17)(H,16,18). The highest BCUT2D eigenvalue weighted by atomic mass is 19.1. The van der Waals surface area contributed by atoms with Crippen LogP contribution in [-0.2, 0) is 16.1 Å². The molecular formula is C13H17FN2O2. The van der Waals surface area contributed by atoms with Crippen LogP contribution in [0.1, 0.15) is 19.4 Å². The summed E-state index contributed by atoms with van der Waals surface area (Å²) in [5.74, 6) is -0.885. The average Bonchev–Trinajstić information content (AvgIpc) is 2.35. The molecule has 1 aromatic rings. The normalized spacial score (nSPS) is 10.2. The van der Waals surface area contributed by atoms with Gasteiger partial charge in [0.05, 0.1) is 6.54 Å². The molecule has 2 N–H and O–H groups in total. The monoisotopic (exact) mass is 252 g/mol. The predicted molar refractivity (Wildman–Crippen MR) is 66.1 cm³/mol. The lowest BCUT2D eigenvalue weighted by Gasteiger charge is -2.08. The van der Waals surface area contributed by atoms with Crippen molar-refractivity contribution in [2.24, 2.45) is 5.92 Å². The second kappa shape index (κ2) is 6.74. The molecule has 98 valence electrons. The van der Waals surface area contributed by atoms with Gasteiger partial charge < -0.3 is 10.6 Å². The fraction of sp³-hybridized carbons (Fsp3) is 0.385. The molecule has 0 saturated carbocycles. The second-order valence-corrected chi connectivity index (χ2v) is 4.28. The van der Waals surface area contributed by atoms with Gasteiger partial charge in [0, 0.05) is 12.5 Å². The molecule has 5 heteroatoms. The Morgan fingerprint density at radius 3 is 2.33 bits per heavy atom. The quantitative estimate of drug-likeness (QED) is 0.827. The van der Waals surface area contributed by atoms with Gasteiger partial charge in [-0.05, 0) is 17.7 Å². The molecule has 1 aromatic carbocycles. The van der Waals surface area contributed by atoms with Gasteiger partial charge in [-0.1, -0.05) is 26.0 Å². The Hall–Kier alpha value is -1.91. The lowest BCUT2D eigenvalue weighted by atomic mass is 10.2. The van der Waals surface area contributed by atoms with Crippen LogP contribution in [-0.4, -0.2) is 18.4 Å². The number of nitrogens with one attached hydrogen (secondary N) is 2. The maximum atomic E-state index is 12.6. The van der Waals surface area contributed by atoms with Crippen LogP contribution in [0.5, 0.6) is 0 Å². The summed E-state index contributed by atoms with van der Waals surface area (Å²) in [4.78, 5) is 22.6. The Labute approximate surface area is 106 Å². The zero-order valence-electron chi connectivity index (χ0n) is 10.5. The molecule has 1 rings (SSSR count). The minimum Gasteiger partial charge on any atom is -0.350 e. The van der Waals surface area contributed by atoms with Crippen molar-refractivity contribution in [3.05, 3.63) is 35.6 Å². The van der Waals surface area contributed by atoms with E-state index >= 15 is 0 Å². The van der Waals surface area contributed by atoms with Gasteiger partial charge in [-0.2, -0.15) is 0 Å². The van der Waals surface area contributed by atoms with Crippen molar-refractivity contribution in [3.63, 3.8) is 0 Å². The first-order chi connectivity index (χ1) is 8.49. The maximum Gasteiger partial charge on any atom is 0.239 e. The van der Waals surface area contributed by atoms with Crippen molar-refractivity contribution in [1.82, 2.24) is 10.6 Å². The topological polar surface area (TPSA) is 58.2 Å². The summed E-state index contributed by atoms with van der Waals surface area (Å²) in [6.07, 6.45) is 0. The number of amides is 2. The van der Waals surface area contributed by atoms with Gasteiger partial charge in [-0.15, -0.1) is 0 Å². The van der Waals surface area contributed by atoms with Crippen LogP contribution < -0.4 is 10.6 Å². The summed E-state index contributed by atoms with van der Waals surface area (Å²) in [5, 5.41) is 5.15. The van der Waals surface area contributed by atoms with Crippen molar-refractivity contribution in [2.75, 3.05) is 6.54 Å². The van der Waals surface area contributed by atoms with Crippen LogP contribution in [0.3, 0.4) is 0 Å². The molecule has 18 heavy (non-hydrogen) atoms. The third kappa shape index (κ3) is 4.95. The van der Waals surface area contributed by atoms with E-state index in [0.29, 0.717) is 6.54 Å². The number of hydrogen-bond donors (Lipinski definition) is 2. The summed E-state index contributed by atoms with van der Waals surface area (Å²) in [7, 11) is 0. The molecule has 0 radical (unpaired) electrons. The summed E-state index contributed by atoms with van der Waals surface area (Å²) in [5.41, 5.74) is 0.805. The highest BCUT2D eigenvalue weighted by Crippen LogP contribution is 2.01. The molecule has 2 amide bonds. The van der Waals surface area contributed by atoms with Crippen LogP contribution in [0, 0.1) is 11.7 Å². The minimum absolute atomic E-state index is 0.0434. The zero-order valence-corrected chi connectivity index (χ0v) is 10.5. The molecule has 4 nitrogen and oxygen atoms in total. The largest absolute Gasteiger partial charge is 0.350 e. The summed E-state index contributed by atoms with van der Waals surface area (Å²) in [6, 6.07) is 5.87. The lowest BCUT2D eigenvalue weighted by molar-refractivity contribution is -0.127. The first-order valence-corrected chi connectivity index (χ1v) is 5.78. The molecule has 0 fully saturated rings. The van der Waals surface area contributed by atoms with Gasteiger partial charge in [0.1, 0.15) is 5.82 Å². The van der Waals surface area contributed by atoms with E-state index in [9.17, 15) is 14.0 Å². The number of carbonyl (C=O) groups is 2. The van der Waals surface area contributed by atoms with E-state index in [-0.39, 0.29) is 30.1 Å². The molecule has 0 saturated heterocycles. The van der Waals surface area contributed by atoms with Crippen LogP contribution in [0.4, 0.5) is 4.39 Å². The molecule has 0 aliphatic carbocycles. The smallest absolute Gasteiger partial charge is 0.239 e. The van der Waals surface area contributed by atoms with E-state index in [0.717, 1.165) is 5.56 Å². The fourth-order valence-electron chi connectivity index (χ4n) is 1.24. The SMILES string of the molecule is CC(C)C(=O)NCC(=O)NCc1ccc(F)cc1. The number of benzene rings is 1. The first-order valence-electron chi connectivity index (χ1n) is 5.78. The fourth-order valence-corrected chi connectivity index (χ4v) is 1.24.